The van der Waals surface area contributed by atoms with Crippen molar-refractivity contribution in [1.82, 2.24) is 4.98 Å². The number of pyridine rings is 1. The van der Waals surface area contributed by atoms with Gasteiger partial charge in [0.25, 0.3) is 5.91 Å². The summed E-state index contributed by atoms with van der Waals surface area (Å²) in [6.45, 7) is 4.36. The van der Waals surface area contributed by atoms with Gasteiger partial charge in [0, 0.05) is 21.7 Å². The third-order valence-electron chi connectivity index (χ3n) is 5.52. The van der Waals surface area contributed by atoms with Crippen LogP contribution in [0.1, 0.15) is 42.1 Å². The Morgan fingerprint density at radius 3 is 2.45 bits per heavy atom. The van der Waals surface area contributed by atoms with E-state index in [1.54, 1.807) is 18.2 Å². The first kappa shape index (κ1) is 21.4. The molecule has 0 saturated heterocycles. The van der Waals surface area contributed by atoms with Gasteiger partial charge in [-0.2, -0.15) is 0 Å². The monoisotopic (exact) mass is 448 g/mol. The third kappa shape index (κ3) is 4.58. The number of carbonyl (C=O) groups excluding carboxylic acids is 1. The molecule has 3 aromatic carbocycles. The van der Waals surface area contributed by atoms with Crippen molar-refractivity contribution in [3.8, 4) is 11.3 Å². The first-order valence-electron chi connectivity index (χ1n) is 10.2. The molecule has 0 spiro atoms. The van der Waals surface area contributed by atoms with E-state index in [2.05, 4.69) is 31.3 Å². The van der Waals surface area contributed by atoms with E-state index in [0.29, 0.717) is 27.2 Å². The van der Waals surface area contributed by atoms with Crippen molar-refractivity contribution >= 4 is 45.7 Å². The zero-order valence-electron chi connectivity index (χ0n) is 17.3. The molecule has 31 heavy (non-hydrogen) atoms. The van der Waals surface area contributed by atoms with E-state index < -0.39 is 0 Å². The smallest absolute Gasteiger partial charge is 0.256 e. The molecule has 1 unspecified atom stereocenters. The SMILES string of the molecule is CCC(C)c1ccc(NC(=O)c2cc(-c3ccc(Cl)cc3Cl)nc3ccccc23)cc1. The van der Waals surface area contributed by atoms with E-state index in [1.807, 2.05) is 42.5 Å². The van der Waals surface area contributed by atoms with E-state index in [1.165, 1.54) is 5.56 Å². The molecule has 1 N–H and O–H groups in total. The Morgan fingerprint density at radius 2 is 1.74 bits per heavy atom. The number of aromatic nitrogens is 1. The molecule has 1 amide bonds. The number of benzene rings is 3. The number of nitrogens with one attached hydrogen (secondary N) is 1. The molecule has 5 heteroatoms. The van der Waals surface area contributed by atoms with Crippen LogP contribution in [0.25, 0.3) is 22.2 Å². The highest BCUT2D eigenvalue weighted by Gasteiger charge is 2.16. The number of halogens is 2. The van der Waals surface area contributed by atoms with E-state index in [0.717, 1.165) is 28.6 Å². The summed E-state index contributed by atoms with van der Waals surface area (Å²) in [4.78, 5) is 18.0. The van der Waals surface area contributed by atoms with Crippen LogP contribution in [0.15, 0.2) is 72.8 Å². The van der Waals surface area contributed by atoms with Crippen LogP contribution < -0.4 is 5.32 Å². The standard InChI is InChI=1S/C26H22Cl2N2O/c1-3-16(2)17-8-11-19(12-9-17)29-26(31)22-15-25(21-13-10-18(27)14-23(21)28)30-24-7-5-4-6-20(22)24/h4-16H,3H2,1-2H3,(H,29,31). The summed E-state index contributed by atoms with van der Waals surface area (Å²) >= 11 is 12.4. The largest absolute Gasteiger partial charge is 0.322 e. The van der Waals surface area contributed by atoms with Gasteiger partial charge in [-0.25, -0.2) is 4.98 Å². The highest BCUT2D eigenvalue weighted by molar-refractivity contribution is 6.36. The first-order chi connectivity index (χ1) is 15.0. The van der Waals surface area contributed by atoms with Crippen LogP contribution in [0.5, 0.6) is 0 Å². The first-order valence-corrected chi connectivity index (χ1v) is 11.0. The number of carbonyl (C=O) groups is 1. The summed E-state index contributed by atoms with van der Waals surface area (Å²) in [5.41, 5.74) is 4.63. The number of hydrogen-bond acceptors (Lipinski definition) is 2. The highest BCUT2D eigenvalue weighted by atomic mass is 35.5. The highest BCUT2D eigenvalue weighted by Crippen LogP contribution is 2.32. The van der Waals surface area contributed by atoms with Crippen LogP contribution in [0.4, 0.5) is 5.69 Å². The molecular weight excluding hydrogens is 427 g/mol. The summed E-state index contributed by atoms with van der Waals surface area (Å²) in [6.07, 6.45) is 1.07. The minimum atomic E-state index is -0.193. The average molecular weight is 449 g/mol. The Hall–Kier alpha value is -2.88. The third-order valence-corrected chi connectivity index (χ3v) is 6.07. The number of anilines is 1. The summed E-state index contributed by atoms with van der Waals surface area (Å²) in [5, 5.41) is 4.84. The number of fused-ring (bicyclic) bond motifs is 1. The van der Waals surface area contributed by atoms with Crippen LogP contribution in [-0.4, -0.2) is 10.9 Å². The second-order valence-electron chi connectivity index (χ2n) is 7.58. The lowest BCUT2D eigenvalue weighted by molar-refractivity contribution is 0.102. The van der Waals surface area contributed by atoms with Crippen molar-refractivity contribution in [1.29, 1.82) is 0 Å². The maximum Gasteiger partial charge on any atom is 0.256 e. The molecule has 0 aliphatic rings. The lowest BCUT2D eigenvalue weighted by atomic mass is 9.98. The van der Waals surface area contributed by atoms with Gasteiger partial charge in [0.1, 0.15) is 0 Å². The average Bonchev–Trinajstić information content (AvgIpc) is 2.78. The fraction of sp³-hybridized carbons (Fsp3) is 0.154. The predicted molar refractivity (Wildman–Crippen MR) is 130 cm³/mol. The van der Waals surface area contributed by atoms with Crippen molar-refractivity contribution in [2.24, 2.45) is 0 Å². The van der Waals surface area contributed by atoms with Gasteiger partial charge in [0.15, 0.2) is 0 Å². The van der Waals surface area contributed by atoms with Gasteiger partial charge in [-0.1, -0.05) is 67.4 Å². The van der Waals surface area contributed by atoms with Crippen molar-refractivity contribution in [2.45, 2.75) is 26.2 Å². The fourth-order valence-electron chi connectivity index (χ4n) is 3.53. The lowest BCUT2D eigenvalue weighted by Crippen LogP contribution is -2.13. The van der Waals surface area contributed by atoms with Crippen LogP contribution in [0.3, 0.4) is 0 Å². The minimum Gasteiger partial charge on any atom is -0.322 e. The van der Waals surface area contributed by atoms with Gasteiger partial charge >= 0.3 is 0 Å². The summed E-state index contributed by atoms with van der Waals surface area (Å²) in [6, 6.07) is 22.6. The van der Waals surface area contributed by atoms with E-state index in [9.17, 15) is 4.79 Å². The second kappa shape index (κ2) is 9.09. The molecule has 4 rings (SSSR count). The minimum absolute atomic E-state index is 0.193. The van der Waals surface area contributed by atoms with E-state index >= 15 is 0 Å². The van der Waals surface area contributed by atoms with Crippen molar-refractivity contribution < 1.29 is 4.79 Å². The quantitative estimate of drug-likeness (QED) is 0.336. The molecule has 1 heterocycles. The molecule has 0 fully saturated rings. The van der Waals surface area contributed by atoms with Crippen LogP contribution in [-0.2, 0) is 0 Å². The summed E-state index contributed by atoms with van der Waals surface area (Å²) < 4.78 is 0. The van der Waals surface area contributed by atoms with Gasteiger partial charge in [-0.15, -0.1) is 0 Å². The van der Waals surface area contributed by atoms with Crippen LogP contribution in [0, 0.1) is 0 Å². The number of hydrogen-bond donors (Lipinski definition) is 1. The second-order valence-corrected chi connectivity index (χ2v) is 8.43. The molecule has 0 bridgehead atoms. The Bertz CT molecular complexity index is 1250. The molecule has 156 valence electrons. The van der Waals surface area contributed by atoms with Gasteiger partial charge < -0.3 is 5.32 Å². The van der Waals surface area contributed by atoms with Crippen molar-refractivity contribution in [3.63, 3.8) is 0 Å². The molecule has 3 nitrogen and oxygen atoms in total. The maximum atomic E-state index is 13.2. The predicted octanol–water partition coefficient (Wildman–Crippen LogP) is 7.97. The van der Waals surface area contributed by atoms with Gasteiger partial charge in [0.05, 0.1) is 21.8 Å². The van der Waals surface area contributed by atoms with Gasteiger partial charge in [0.2, 0.25) is 0 Å². The molecule has 1 atom stereocenters. The lowest BCUT2D eigenvalue weighted by Gasteiger charge is -2.13. The number of nitrogens with zero attached hydrogens (tertiary/aromatic N) is 1. The fourth-order valence-corrected chi connectivity index (χ4v) is 4.03. The Morgan fingerprint density at radius 1 is 1.00 bits per heavy atom. The van der Waals surface area contributed by atoms with Crippen molar-refractivity contribution in [2.75, 3.05) is 5.32 Å². The number of rotatable bonds is 5. The topological polar surface area (TPSA) is 42.0 Å². The zero-order valence-corrected chi connectivity index (χ0v) is 18.8. The normalized spacial score (nSPS) is 12.0. The number of amides is 1. The Balaban J connectivity index is 1.73. The molecule has 0 saturated carbocycles. The molecule has 4 aromatic rings. The Labute approximate surface area is 192 Å². The molecule has 0 radical (unpaired) electrons. The summed E-state index contributed by atoms with van der Waals surface area (Å²) in [7, 11) is 0. The van der Waals surface area contributed by atoms with Crippen LogP contribution >= 0.6 is 23.2 Å². The maximum absolute atomic E-state index is 13.2. The molecule has 0 aliphatic heterocycles. The van der Waals surface area contributed by atoms with E-state index in [-0.39, 0.29) is 5.91 Å². The molecule has 0 aliphatic carbocycles. The Kier molecular flexibility index (Phi) is 6.26. The molecular formula is C26H22Cl2N2O. The van der Waals surface area contributed by atoms with Crippen LogP contribution in [0.2, 0.25) is 10.0 Å². The summed E-state index contributed by atoms with van der Waals surface area (Å²) in [5.74, 6) is 0.293. The zero-order chi connectivity index (χ0) is 22.0. The molecule has 1 aromatic heterocycles. The van der Waals surface area contributed by atoms with E-state index in [4.69, 9.17) is 28.2 Å². The number of para-hydroxylation sites is 1. The van der Waals surface area contributed by atoms with Gasteiger partial charge in [-0.3, -0.25) is 4.79 Å². The van der Waals surface area contributed by atoms with Crippen molar-refractivity contribution in [3.05, 3.63) is 94.0 Å². The van der Waals surface area contributed by atoms with Gasteiger partial charge in [-0.05, 0) is 60.4 Å².